The van der Waals surface area contributed by atoms with Crippen LogP contribution >= 0.6 is 11.8 Å². The van der Waals surface area contributed by atoms with Crippen LogP contribution < -0.4 is 0 Å². The topological polar surface area (TPSA) is 78.0 Å². The number of carbonyl (C=O) groups is 1. The molecule has 9 heteroatoms. The normalized spacial score (nSPS) is 11.2. The van der Waals surface area contributed by atoms with Gasteiger partial charge < -0.3 is 0 Å². The summed E-state index contributed by atoms with van der Waals surface area (Å²) in [4.78, 5) is 26.3. The van der Waals surface area contributed by atoms with E-state index in [4.69, 9.17) is 0 Å². The van der Waals surface area contributed by atoms with Gasteiger partial charge in [-0.05, 0) is 43.0 Å². The van der Waals surface area contributed by atoms with Gasteiger partial charge in [-0.1, -0.05) is 12.1 Å². The van der Waals surface area contributed by atoms with E-state index in [2.05, 4.69) is 4.98 Å². The molecule has 0 unspecified atom stereocenters. The van der Waals surface area contributed by atoms with Crippen molar-refractivity contribution in [3.05, 3.63) is 58.1 Å². The van der Waals surface area contributed by atoms with E-state index in [1.807, 2.05) is 0 Å². The average Bonchev–Trinajstić information content (AvgIpc) is 2.92. The highest BCUT2D eigenvalue weighted by Gasteiger charge is 2.23. The van der Waals surface area contributed by atoms with Gasteiger partial charge in [-0.2, -0.15) is 8.78 Å². The first kappa shape index (κ1) is 17.0. The molecule has 0 saturated heterocycles. The summed E-state index contributed by atoms with van der Waals surface area (Å²) in [7, 11) is 0. The average molecular weight is 363 g/mol. The van der Waals surface area contributed by atoms with E-state index in [1.54, 1.807) is 18.2 Å². The van der Waals surface area contributed by atoms with Crippen molar-refractivity contribution < 1.29 is 18.5 Å². The number of fused-ring (bicyclic) bond motifs is 1. The zero-order chi connectivity index (χ0) is 18.1. The maximum atomic E-state index is 13.5. The largest absolute Gasteiger partial charge is 0.321 e. The molecule has 25 heavy (non-hydrogen) atoms. The van der Waals surface area contributed by atoms with E-state index in [1.165, 1.54) is 25.1 Å². The van der Waals surface area contributed by atoms with E-state index < -0.39 is 11.5 Å². The molecule has 1 heterocycles. The van der Waals surface area contributed by atoms with Gasteiger partial charge in [0.1, 0.15) is 0 Å². The van der Waals surface area contributed by atoms with Crippen molar-refractivity contribution in [2.75, 3.05) is 0 Å². The van der Waals surface area contributed by atoms with E-state index in [0.29, 0.717) is 5.52 Å². The fraction of sp³-hybridized carbons (Fsp3) is 0.125. The van der Waals surface area contributed by atoms with Crippen molar-refractivity contribution in [2.24, 2.45) is 0 Å². The summed E-state index contributed by atoms with van der Waals surface area (Å²) in [5.74, 6) is -0.320. The number of nitrogens with zero attached hydrogens (tertiary/aromatic N) is 3. The number of hydrogen-bond acceptors (Lipinski definition) is 5. The number of hydrogen-bond donors (Lipinski definition) is 0. The predicted octanol–water partition coefficient (Wildman–Crippen LogP) is 4.69. The molecule has 1 aromatic heterocycles. The number of aromatic nitrogens is 2. The standard InChI is InChI=1S/C16H11F2N3O3S/c1-9(22)10-6-7-14(13(8-10)21(23)24)25-16-19-11-4-2-3-5-12(11)20(16)15(17)18/h2-8,15H,1H3. The number of nitro benzene ring substituents is 1. The maximum absolute atomic E-state index is 13.5. The Kier molecular flexibility index (Phi) is 4.49. The first-order valence-electron chi connectivity index (χ1n) is 7.11. The number of imidazole rings is 1. The van der Waals surface area contributed by atoms with Crippen LogP contribution in [0.3, 0.4) is 0 Å². The maximum Gasteiger partial charge on any atom is 0.321 e. The van der Waals surface area contributed by atoms with Gasteiger partial charge in [0, 0.05) is 11.6 Å². The summed E-state index contributed by atoms with van der Waals surface area (Å²) in [6.07, 6.45) is 0. The highest BCUT2D eigenvalue weighted by atomic mass is 32.2. The number of halogens is 2. The molecular formula is C16H11F2N3O3S. The molecule has 3 rings (SSSR count). The first-order chi connectivity index (χ1) is 11.9. The molecule has 0 bridgehead atoms. The minimum absolute atomic E-state index is 0.0603. The highest BCUT2D eigenvalue weighted by molar-refractivity contribution is 7.99. The predicted molar refractivity (Wildman–Crippen MR) is 88.2 cm³/mol. The van der Waals surface area contributed by atoms with Gasteiger partial charge in [0.2, 0.25) is 0 Å². The molecule has 0 N–H and O–H groups in total. The summed E-state index contributed by atoms with van der Waals surface area (Å²) >= 11 is 0.763. The third-order valence-corrected chi connectivity index (χ3v) is 4.56. The van der Waals surface area contributed by atoms with Crippen molar-refractivity contribution in [2.45, 2.75) is 23.5 Å². The summed E-state index contributed by atoms with van der Waals surface area (Å²) < 4.78 is 27.6. The van der Waals surface area contributed by atoms with Gasteiger partial charge in [0.05, 0.1) is 20.9 Å². The van der Waals surface area contributed by atoms with Crippen LogP contribution in [0.25, 0.3) is 11.0 Å². The molecule has 0 aliphatic carbocycles. The number of alkyl halides is 2. The van der Waals surface area contributed by atoms with Crippen LogP contribution in [0.2, 0.25) is 0 Å². The molecule has 0 atom stereocenters. The molecule has 0 saturated carbocycles. The van der Waals surface area contributed by atoms with Crippen molar-refractivity contribution in [1.29, 1.82) is 0 Å². The summed E-state index contributed by atoms with van der Waals surface area (Å²) in [6.45, 7) is -1.55. The Bertz CT molecular complexity index is 988. The van der Waals surface area contributed by atoms with E-state index in [9.17, 15) is 23.7 Å². The number of rotatable bonds is 5. The van der Waals surface area contributed by atoms with Crippen LogP contribution in [0.15, 0.2) is 52.5 Å². The zero-order valence-corrected chi connectivity index (χ0v) is 13.7. The SMILES string of the molecule is CC(=O)c1ccc(Sc2nc3ccccc3n2C(F)F)c([N+](=O)[O-])c1. The van der Waals surface area contributed by atoms with Crippen LogP contribution in [0, 0.1) is 10.1 Å². The van der Waals surface area contributed by atoms with Crippen LogP contribution in [-0.4, -0.2) is 20.3 Å². The lowest BCUT2D eigenvalue weighted by Crippen LogP contribution is -2.01. The second-order valence-electron chi connectivity index (χ2n) is 5.13. The van der Waals surface area contributed by atoms with Gasteiger partial charge in [0.15, 0.2) is 10.9 Å². The van der Waals surface area contributed by atoms with Crippen molar-refractivity contribution in [3.63, 3.8) is 0 Å². The second-order valence-corrected chi connectivity index (χ2v) is 6.14. The number of Topliss-reactive ketones (excluding diaryl/α,β-unsaturated/α-hetero) is 1. The number of carbonyl (C=O) groups excluding carboxylic acids is 1. The quantitative estimate of drug-likeness (QED) is 0.373. The summed E-state index contributed by atoms with van der Waals surface area (Å²) in [5, 5.41) is 11.2. The fourth-order valence-corrected chi connectivity index (χ4v) is 3.34. The third kappa shape index (κ3) is 3.22. The molecule has 0 fully saturated rings. The highest BCUT2D eigenvalue weighted by Crippen LogP contribution is 2.38. The molecular weight excluding hydrogens is 352 g/mol. The van der Waals surface area contributed by atoms with Crippen LogP contribution in [-0.2, 0) is 0 Å². The Morgan fingerprint density at radius 3 is 2.64 bits per heavy atom. The van der Waals surface area contributed by atoms with Gasteiger partial charge in [-0.3, -0.25) is 19.5 Å². The number of benzene rings is 2. The van der Waals surface area contributed by atoms with E-state index >= 15 is 0 Å². The van der Waals surface area contributed by atoms with Gasteiger partial charge in [0.25, 0.3) is 5.69 Å². The van der Waals surface area contributed by atoms with Gasteiger partial charge in [-0.25, -0.2) is 4.98 Å². The van der Waals surface area contributed by atoms with Crippen LogP contribution in [0.4, 0.5) is 14.5 Å². The molecule has 0 radical (unpaired) electrons. The van der Waals surface area contributed by atoms with Gasteiger partial charge in [-0.15, -0.1) is 0 Å². The second kappa shape index (κ2) is 6.60. The Hall–Kier alpha value is -2.81. The molecule has 0 aliphatic rings. The lowest BCUT2D eigenvalue weighted by Gasteiger charge is -2.08. The van der Waals surface area contributed by atoms with Crippen molar-refractivity contribution in [3.8, 4) is 0 Å². The van der Waals surface area contributed by atoms with Crippen LogP contribution in [0.5, 0.6) is 0 Å². The fourth-order valence-electron chi connectivity index (χ4n) is 2.35. The van der Waals surface area contributed by atoms with Crippen LogP contribution in [0.1, 0.15) is 23.8 Å². The third-order valence-electron chi connectivity index (χ3n) is 3.52. The molecule has 0 spiro atoms. The smallest absolute Gasteiger partial charge is 0.295 e. The summed E-state index contributed by atoms with van der Waals surface area (Å²) in [5.41, 5.74) is 0.459. The molecule has 128 valence electrons. The Balaban J connectivity index is 2.11. The summed E-state index contributed by atoms with van der Waals surface area (Å²) in [6, 6.07) is 10.3. The lowest BCUT2D eigenvalue weighted by atomic mass is 10.1. The van der Waals surface area contributed by atoms with E-state index in [0.717, 1.165) is 22.4 Å². The molecule has 2 aromatic carbocycles. The Morgan fingerprint density at radius 1 is 1.28 bits per heavy atom. The molecule has 0 aliphatic heterocycles. The number of ketones is 1. The number of para-hydroxylation sites is 2. The Labute approximate surface area is 144 Å². The minimum atomic E-state index is -2.84. The molecule has 6 nitrogen and oxygen atoms in total. The minimum Gasteiger partial charge on any atom is -0.295 e. The number of nitro groups is 1. The first-order valence-corrected chi connectivity index (χ1v) is 7.92. The lowest BCUT2D eigenvalue weighted by molar-refractivity contribution is -0.387. The van der Waals surface area contributed by atoms with Crippen molar-refractivity contribution >= 4 is 34.3 Å². The zero-order valence-electron chi connectivity index (χ0n) is 12.8. The van der Waals surface area contributed by atoms with Crippen molar-refractivity contribution in [1.82, 2.24) is 9.55 Å². The molecule has 3 aromatic rings. The van der Waals surface area contributed by atoms with Gasteiger partial charge >= 0.3 is 6.55 Å². The Morgan fingerprint density at radius 2 is 2.00 bits per heavy atom. The monoisotopic (exact) mass is 363 g/mol. The molecule has 0 amide bonds. The van der Waals surface area contributed by atoms with E-state index in [-0.39, 0.29) is 32.6 Å².